The van der Waals surface area contributed by atoms with Gasteiger partial charge < -0.3 is 5.73 Å². The normalized spacial score (nSPS) is 13.7. The lowest BCUT2D eigenvalue weighted by molar-refractivity contribution is 0.743. The van der Waals surface area contributed by atoms with Crippen molar-refractivity contribution in [3.05, 3.63) is 36.3 Å². The second kappa shape index (κ2) is 3.05. The number of para-hydroxylation sites is 1. The number of imidazole rings is 1. The predicted molar refractivity (Wildman–Crippen MR) is 63.2 cm³/mol. The number of hydrogen-bond acceptors (Lipinski definition) is 3. The summed E-state index contributed by atoms with van der Waals surface area (Å²) in [7, 11) is 0. The van der Waals surface area contributed by atoms with E-state index in [1.807, 2.05) is 19.2 Å². The molecule has 2 aromatic heterocycles. The summed E-state index contributed by atoms with van der Waals surface area (Å²) in [6, 6.07) is 8.28. The van der Waals surface area contributed by atoms with Crippen molar-refractivity contribution < 1.29 is 0 Å². The van der Waals surface area contributed by atoms with Crippen molar-refractivity contribution in [2.24, 2.45) is 5.73 Å². The lowest BCUT2D eigenvalue weighted by Crippen LogP contribution is -2.09. The molecule has 0 radical (unpaired) electrons. The number of benzene rings is 1. The molecule has 0 aliphatic carbocycles. The minimum Gasteiger partial charge on any atom is -0.322 e. The largest absolute Gasteiger partial charge is 0.322 e. The molecule has 0 saturated carbocycles. The maximum Gasteiger partial charge on any atom is 0.131 e. The van der Waals surface area contributed by atoms with Crippen LogP contribution in [0.4, 0.5) is 0 Å². The average molecular weight is 217 g/mol. The van der Waals surface area contributed by atoms with Crippen LogP contribution in [0.5, 0.6) is 0 Å². The lowest BCUT2D eigenvalue weighted by Gasteiger charge is -2.02. The molecule has 76 valence electrons. The molecule has 2 heterocycles. The molecule has 1 aromatic carbocycles. The molecule has 0 saturated heterocycles. The maximum atomic E-state index is 5.90. The van der Waals surface area contributed by atoms with E-state index in [-0.39, 0.29) is 6.04 Å². The molecule has 0 aliphatic heterocycles. The Morgan fingerprint density at radius 1 is 1.40 bits per heavy atom. The number of hydrogen-bond donors (Lipinski definition) is 1. The summed E-state index contributed by atoms with van der Waals surface area (Å²) >= 11 is 1.74. The third-order valence-corrected chi connectivity index (χ3v) is 3.55. The van der Waals surface area contributed by atoms with Crippen LogP contribution in [-0.2, 0) is 0 Å². The Kier molecular flexibility index (Phi) is 1.81. The number of thiazole rings is 1. The minimum atomic E-state index is -0.0366. The molecule has 0 amide bonds. The van der Waals surface area contributed by atoms with E-state index in [9.17, 15) is 0 Å². The van der Waals surface area contributed by atoms with E-state index >= 15 is 0 Å². The summed E-state index contributed by atoms with van der Waals surface area (Å²) in [5, 5.41) is 0. The Bertz CT molecular complexity index is 621. The first kappa shape index (κ1) is 8.88. The molecule has 4 heteroatoms. The summed E-state index contributed by atoms with van der Waals surface area (Å²) < 4.78 is 3.42. The van der Waals surface area contributed by atoms with Crippen molar-refractivity contribution in [3.63, 3.8) is 0 Å². The van der Waals surface area contributed by atoms with Gasteiger partial charge >= 0.3 is 0 Å². The smallest absolute Gasteiger partial charge is 0.131 e. The average Bonchev–Trinajstić information content (AvgIpc) is 2.74. The van der Waals surface area contributed by atoms with E-state index in [0.29, 0.717) is 0 Å². The van der Waals surface area contributed by atoms with Gasteiger partial charge in [-0.25, -0.2) is 4.98 Å². The molecule has 3 nitrogen and oxygen atoms in total. The van der Waals surface area contributed by atoms with Gasteiger partial charge in [-0.05, 0) is 19.1 Å². The fourth-order valence-corrected chi connectivity index (χ4v) is 2.85. The first-order chi connectivity index (χ1) is 7.27. The summed E-state index contributed by atoms with van der Waals surface area (Å²) in [4.78, 5) is 5.51. The van der Waals surface area contributed by atoms with Gasteiger partial charge in [-0.1, -0.05) is 12.1 Å². The Balaban J connectivity index is 2.49. The van der Waals surface area contributed by atoms with Crippen molar-refractivity contribution in [1.29, 1.82) is 0 Å². The third-order valence-electron chi connectivity index (χ3n) is 2.48. The predicted octanol–water partition coefficient (Wildman–Crippen LogP) is 2.57. The van der Waals surface area contributed by atoms with Crippen LogP contribution >= 0.6 is 11.3 Å². The quantitative estimate of drug-likeness (QED) is 0.680. The van der Waals surface area contributed by atoms with Crippen LogP contribution in [0, 0.1) is 0 Å². The highest BCUT2D eigenvalue weighted by Crippen LogP contribution is 2.28. The fourth-order valence-electron chi connectivity index (χ4n) is 1.83. The van der Waals surface area contributed by atoms with Gasteiger partial charge in [0.25, 0.3) is 0 Å². The second-order valence-electron chi connectivity index (χ2n) is 3.65. The topological polar surface area (TPSA) is 43.3 Å². The number of nitrogens with zero attached hydrogens (tertiary/aromatic N) is 2. The minimum absolute atomic E-state index is 0.0366. The van der Waals surface area contributed by atoms with Crippen molar-refractivity contribution in [2.75, 3.05) is 0 Å². The zero-order valence-corrected chi connectivity index (χ0v) is 9.16. The van der Waals surface area contributed by atoms with Crippen LogP contribution in [0.15, 0.2) is 30.5 Å². The van der Waals surface area contributed by atoms with Gasteiger partial charge in [0.2, 0.25) is 0 Å². The lowest BCUT2D eigenvalue weighted by atomic mass is 10.3. The van der Waals surface area contributed by atoms with Gasteiger partial charge in [-0.15, -0.1) is 11.3 Å². The van der Waals surface area contributed by atoms with Crippen LogP contribution < -0.4 is 5.73 Å². The summed E-state index contributed by atoms with van der Waals surface area (Å²) in [5.41, 5.74) is 7.09. The zero-order valence-electron chi connectivity index (χ0n) is 8.34. The second-order valence-corrected chi connectivity index (χ2v) is 4.71. The van der Waals surface area contributed by atoms with Gasteiger partial charge in [-0.3, -0.25) is 4.40 Å². The van der Waals surface area contributed by atoms with Crippen molar-refractivity contribution in [1.82, 2.24) is 9.38 Å². The standard InChI is InChI=1S/C11H11N3S/c1-7(12)11-13-6-10-14(11)8-4-2-3-5-9(8)15-10/h2-7H,12H2,1H3. The Labute approximate surface area is 91.2 Å². The maximum absolute atomic E-state index is 5.90. The molecule has 2 N–H and O–H groups in total. The molecular weight excluding hydrogens is 206 g/mol. The van der Waals surface area contributed by atoms with E-state index in [2.05, 4.69) is 27.6 Å². The van der Waals surface area contributed by atoms with Crippen molar-refractivity contribution in [3.8, 4) is 0 Å². The molecule has 15 heavy (non-hydrogen) atoms. The molecule has 0 aliphatic rings. The van der Waals surface area contributed by atoms with Gasteiger partial charge in [0, 0.05) is 0 Å². The Morgan fingerprint density at radius 3 is 3.00 bits per heavy atom. The Hall–Kier alpha value is -1.39. The Morgan fingerprint density at radius 2 is 2.20 bits per heavy atom. The summed E-state index contributed by atoms with van der Waals surface area (Å²) in [6.07, 6.45) is 1.89. The molecular formula is C11H11N3S. The van der Waals surface area contributed by atoms with Crippen molar-refractivity contribution in [2.45, 2.75) is 13.0 Å². The fraction of sp³-hybridized carbons (Fsp3) is 0.182. The monoisotopic (exact) mass is 217 g/mol. The number of aromatic nitrogens is 2. The van der Waals surface area contributed by atoms with Crippen molar-refractivity contribution >= 4 is 26.4 Å². The molecule has 0 spiro atoms. The van der Waals surface area contributed by atoms with Crippen LogP contribution in [-0.4, -0.2) is 9.38 Å². The summed E-state index contributed by atoms with van der Waals surface area (Å²) in [6.45, 7) is 1.96. The SMILES string of the molecule is CC(N)c1ncc2sc3ccccc3n12. The zero-order chi connectivity index (χ0) is 10.4. The van der Waals surface area contributed by atoms with E-state index in [1.54, 1.807) is 11.3 Å². The first-order valence-electron chi connectivity index (χ1n) is 4.88. The van der Waals surface area contributed by atoms with Gasteiger partial charge in [0.15, 0.2) is 0 Å². The van der Waals surface area contributed by atoms with Crippen LogP contribution in [0.3, 0.4) is 0 Å². The van der Waals surface area contributed by atoms with Gasteiger partial charge in [0.05, 0.1) is 22.5 Å². The molecule has 1 unspecified atom stereocenters. The highest BCUT2D eigenvalue weighted by Gasteiger charge is 2.12. The van der Waals surface area contributed by atoms with E-state index in [4.69, 9.17) is 5.73 Å². The van der Waals surface area contributed by atoms with Gasteiger partial charge in [0.1, 0.15) is 10.7 Å². The molecule has 1 atom stereocenters. The molecule has 3 rings (SSSR count). The molecule has 3 aromatic rings. The van der Waals surface area contributed by atoms with Crippen LogP contribution in [0.2, 0.25) is 0 Å². The number of nitrogens with two attached hydrogens (primary N) is 1. The third kappa shape index (κ3) is 1.19. The highest BCUT2D eigenvalue weighted by molar-refractivity contribution is 7.23. The first-order valence-corrected chi connectivity index (χ1v) is 5.69. The van der Waals surface area contributed by atoms with Gasteiger partial charge in [-0.2, -0.15) is 0 Å². The van der Waals surface area contributed by atoms with E-state index < -0.39 is 0 Å². The number of fused-ring (bicyclic) bond motifs is 3. The summed E-state index contributed by atoms with van der Waals surface area (Å²) in [5.74, 6) is 0.933. The molecule has 0 bridgehead atoms. The van der Waals surface area contributed by atoms with E-state index in [1.165, 1.54) is 10.2 Å². The van der Waals surface area contributed by atoms with Crippen LogP contribution in [0.1, 0.15) is 18.8 Å². The highest BCUT2D eigenvalue weighted by atomic mass is 32.1. The van der Waals surface area contributed by atoms with E-state index in [0.717, 1.165) is 10.7 Å². The van der Waals surface area contributed by atoms with Crippen LogP contribution in [0.25, 0.3) is 15.0 Å². The number of rotatable bonds is 1. The molecule has 0 fully saturated rings.